The summed E-state index contributed by atoms with van der Waals surface area (Å²) in [6, 6.07) is 0. The molecule has 3 saturated carbocycles. The van der Waals surface area contributed by atoms with Crippen molar-refractivity contribution in [2.45, 2.75) is 131 Å². The van der Waals surface area contributed by atoms with Gasteiger partial charge in [0, 0.05) is 6.10 Å². The molecule has 0 heterocycles. The summed E-state index contributed by atoms with van der Waals surface area (Å²) >= 11 is 0. The summed E-state index contributed by atoms with van der Waals surface area (Å²) in [6.07, 6.45) is 17.4. The summed E-state index contributed by atoms with van der Waals surface area (Å²) < 4.78 is 6.71. The molecule has 0 bridgehead atoms. The molecule has 0 saturated heterocycles. The molecule has 190 valence electrons. The van der Waals surface area contributed by atoms with Crippen LogP contribution >= 0.6 is 0 Å². The highest BCUT2D eigenvalue weighted by Crippen LogP contribution is 2.67. The maximum atomic E-state index is 6.71. The lowest BCUT2D eigenvalue weighted by atomic mass is 9.46. The predicted octanol–water partition coefficient (Wildman–Crippen LogP) is 9.49. The highest BCUT2D eigenvalue weighted by molar-refractivity contribution is 6.69. The molecule has 1 unspecified atom stereocenters. The molecule has 0 radical (unpaired) electrons. The van der Waals surface area contributed by atoms with Crippen molar-refractivity contribution in [2.75, 3.05) is 0 Å². The Bertz CT molecular complexity index is 719. The molecule has 3 fully saturated rings. The third-order valence-electron chi connectivity index (χ3n) is 11.3. The van der Waals surface area contributed by atoms with Gasteiger partial charge < -0.3 is 4.43 Å². The van der Waals surface area contributed by atoms with E-state index in [1.165, 1.54) is 64.2 Å². The second kappa shape index (κ2) is 9.42. The van der Waals surface area contributed by atoms with Gasteiger partial charge in [-0.1, -0.05) is 72.5 Å². The fourth-order valence-electron chi connectivity index (χ4n) is 9.58. The van der Waals surface area contributed by atoms with E-state index in [4.69, 9.17) is 4.43 Å². The zero-order chi connectivity index (χ0) is 24.2. The first kappa shape index (κ1) is 26.0. The topological polar surface area (TPSA) is 9.23 Å². The van der Waals surface area contributed by atoms with Crippen molar-refractivity contribution in [2.24, 2.45) is 52.3 Å². The van der Waals surface area contributed by atoms with E-state index in [0.29, 0.717) is 22.9 Å². The average Bonchev–Trinajstić information content (AvgIpc) is 3.06. The molecule has 0 spiro atoms. The van der Waals surface area contributed by atoms with E-state index in [1.54, 1.807) is 0 Å². The van der Waals surface area contributed by atoms with Crippen molar-refractivity contribution in [3.8, 4) is 0 Å². The number of hydrogen-bond donors (Lipinski definition) is 0. The van der Waals surface area contributed by atoms with Crippen LogP contribution in [0.4, 0.5) is 0 Å². The van der Waals surface area contributed by atoms with Gasteiger partial charge in [0.05, 0.1) is 0 Å². The Morgan fingerprint density at radius 3 is 2.27 bits per heavy atom. The first-order chi connectivity index (χ1) is 15.4. The maximum Gasteiger partial charge on any atom is 0.184 e. The van der Waals surface area contributed by atoms with E-state index < -0.39 is 8.32 Å². The molecular weight excluding hydrogens is 416 g/mol. The molecule has 0 aromatic carbocycles. The van der Waals surface area contributed by atoms with Crippen LogP contribution < -0.4 is 0 Å². The monoisotopic (exact) mass is 472 g/mol. The van der Waals surface area contributed by atoms with Crippen LogP contribution in [0.25, 0.3) is 0 Å². The molecule has 33 heavy (non-hydrogen) atoms. The Labute approximate surface area is 208 Å². The highest BCUT2D eigenvalue weighted by Gasteiger charge is 2.59. The maximum absolute atomic E-state index is 6.71. The Morgan fingerprint density at radius 1 is 0.939 bits per heavy atom. The standard InChI is InChI=1S/C31H56OSi/c1-21(2)11-10-12-22(3)25-15-16-27-24-13-14-26-23(4)29(32-33(7,8)9)18-20-31(26,6)28(24)17-19-30(25,27)5/h13,21-23,25-29H,10-12,14-20H2,1-9H3/t22-,23+,25-,26+,27+,28+,29?,30-,31+/m1/s1. The Hall–Kier alpha value is -0.0831. The predicted molar refractivity (Wildman–Crippen MR) is 146 cm³/mol. The Morgan fingerprint density at radius 2 is 1.61 bits per heavy atom. The summed E-state index contributed by atoms with van der Waals surface area (Å²) in [4.78, 5) is 0. The van der Waals surface area contributed by atoms with Gasteiger partial charge in [0.1, 0.15) is 0 Å². The van der Waals surface area contributed by atoms with Gasteiger partial charge in [-0.2, -0.15) is 0 Å². The molecule has 2 heteroatoms. The van der Waals surface area contributed by atoms with Crippen LogP contribution in [0.5, 0.6) is 0 Å². The van der Waals surface area contributed by atoms with E-state index in [9.17, 15) is 0 Å². The number of allylic oxidation sites excluding steroid dienone is 2. The van der Waals surface area contributed by atoms with Crippen LogP contribution in [-0.2, 0) is 4.43 Å². The van der Waals surface area contributed by atoms with Gasteiger partial charge in [0.25, 0.3) is 0 Å². The zero-order valence-corrected chi connectivity index (χ0v) is 24.7. The zero-order valence-electron chi connectivity index (χ0n) is 23.7. The van der Waals surface area contributed by atoms with Gasteiger partial charge >= 0.3 is 0 Å². The molecular formula is C31H56OSi. The summed E-state index contributed by atoms with van der Waals surface area (Å²) in [5.41, 5.74) is 2.99. The van der Waals surface area contributed by atoms with Crippen molar-refractivity contribution < 1.29 is 4.43 Å². The third kappa shape index (κ3) is 4.83. The van der Waals surface area contributed by atoms with Crippen molar-refractivity contribution >= 4 is 8.32 Å². The fourth-order valence-corrected chi connectivity index (χ4v) is 10.8. The lowest BCUT2D eigenvalue weighted by Gasteiger charge is -2.60. The molecule has 0 aromatic heterocycles. The second-order valence-electron chi connectivity index (χ2n) is 14.9. The number of hydrogen-bond acceptors (Lipinski definition) is 1. The van der Waals surface area contributed by atoms with Gasteiger partial charge in [-0.15, -0.1) is 0 Å². The van der Waals surface area contributed by atoms with Crippen molar-refractivity contribution in [1.29, 1.82) is 0 Å². The van der Waals surface area contributed by atoms with Crippen LogP contribution in [-0.4, -0.2) is 14.4 Å². The quantitative estimate of drug-likeness (QED) is 0.265. The minimum atomic E-state index is -1.48. The largest absolute Gasteiger partial charge is 0.414 e. The van der Waals surface area contributed by atoms with Gasteiger partial charge in [-0.05, 0) is 117 Å². The van der Waals surface area contributed by atoms with E-state index in [2.05, 4.69) is 67.3 Å². The SMILES string of the molecule is CC(C)CCC[C@@H](C)[C@H]1CC[C@H]2C3=CC[C@H]4[C@H](C)C(O[Si](C)(C)C)CC[C@]4(C)[C@H]3CC[C@]12C. The van der Waals surface area contributed by atoms with E-state index in [0.717, 1.165) is 35.5 Å². The minimum absolute atomic E-state index is 0.501. The molecule has 4 aliphatic rings. The molecule has 0 amide bonds. The Balaban J connectivity index is 1.50. The summed E-state index contributed by atoms with van der Waals surface area (Å²) in [7, 11) is -1.48. The van der Waals surface area contributed by atoms with Gasteiger partial charge in [-0.25, -0.2) is 0 Å². The van der Waals surface area contributed by atoms with Gasteiger partial charge in [-0.3, -0.25) is 0 Å². The first-order valence-corrected chi connectivity index (χ1v) is 18.2. The van der Waals surface area contributed by atoms with Crippen LogP contribution in [0.2, 0.25) is 19.6 Å². The number of fused-ring (bicyclic) bond motifs is 5. The van der Waals surface area contributed by atoms with Crippen LogP contribution in [0.15, 0.2) is 11.6 Å². The molecule has 4 rings (SSSR count). The van der Waals surface area contributed by atoms with E-state index in [1.807, 2.05) is 5.57 Å². The molecule has 9 atom stereocenters. The summed E-state index contributed by atoms with van der Waals surface area (Å²) in [5.74, 6) is 5.95. The van der Waals surface area contributed by atoms with Crippen LogP contribution in [0.3, 0.4) is 0 Å². The molecule has 0 N–H and O–H groups in total. The van der Waals surface area contributed by atoms with Gasteiger partial charge in [0.2, 0.25) is 0 Å². The molecule has 4 aliphatic carbocycles. The summed E-state index contributed by atoms with van der Waals surface area (Å²) in [5, 5.41) is 0. The van der Waals surface area contributed by atoms with Crippen molar-refractivity contribution in [1.82, 2.24) is 0 Å². The van der Waals surface area contributed by atoms with Crippen LogP contribution in [0.1, 0.15) is 106 Å². The normalized spacial score (nSPS) is 44.1. The Kier molecular flexibility index (Phi) is 7.42. The minimum Gasteiger partial charge on any atom is -0.414 e. The molecule has 1 nitrogen and oxygen atoms in total. The molecule has 0 aromatic rings. The lowest BCUT2D eigenvalue weighted by Crippen LogP contribution is -2.54. The van der Waals surface area contributed by atoms with E-state index in [-0.39, 0.29) is 0 Å². The van der Waals surface area contributed by atoms with Crippen LogP contribution in [0, 0.1) is 52.3 Å². The molecule has 0 aliphatic heterocycles. The third-order valence-corrected chi connectivity index (χ3v) is 12.3. The van der Waals surface area contributed by atoms with Gasteiger partial charge in [0.15, 0.2) is 8.32 Å². The second-order valence-corrected chi connectivity index (χ2v) is 19.3. The van der Waals surface area contributed by atoms with Crippen molar-refractivity contribution in [3.05, 3.63) is 11.6 Å². The van der Waals surface area contributed by atoms with E-state index >= 15 is 0 Å². The number of rotatable bonds is 7. The smallest absolute Gasteiger partial charge is 0.184 e. The first-order valence-electron chi connectivity index (χ1n) is 14.7. The van der Waals surface area contributed by atoms with Crippen molar-refractivity contribution in [3.63, 3.8) is 0 Å². The fraction of sp³-hybridized carbons (Fsp3) is 0.935. The summed E-state index contributed by atoms with van der Waals surface area (Å²) in [6.45, 7) is 22.4. The lowest BCUT2D eigenvalue weighted by molar-refractivity contribution is -0.0718. The average molecular weight is 473 g/mol. The highest BCUT2D eigenvalue weighted by atomic mass is 28.4.